The fourth-order valence-electron chi connectivity index (χ4n) is 5.76. The summed E-state index contributed by atoms with van der Waals surface area (Å²) in [6.07, 6.45) is 0.576. The molecule has 11 heteroatoms. The molecule has 2 aliphatic rings. The summed E-state index contributed by atoms with van der Waals surface area (Å²) in [6, 6.07) is 8.09. The monoisotopic (exact) mass is 566 g/mol. The molecule has 2 saturated heterocycles. The maximum Gasteiger partial charge on any atom is 0.274 e. The van der Waals surface area contributed by atoms with Gasteiger partial charge >= 0.3 is 0 Å². The van der Waals surface area contributed by atoms with Crippen LogP contribution in [0.25, 0.3) is 16.9 Å². The Balaban J connectivity index is 1.49. The molecule has 1 N–H and O–H groups in total. The number of benzene rings is 1. The van der Waals surface area contributed by atoms with E-state index < -0.39 is 11.6 Å². The first-order valence-electron chi connectivity index (χ1n) is 14.2. The van der Waals surface area contributed by atoms with Crippen LogP contribution in [0.15, 0.2) is 36.5 Å². The van der Waals surface area contributed by atoms with Crippen LogP contribution in [0, 0.1) is 11.7 Å². The van der Waals surface area contributed by atoms with Crippen LogP contribution in [0.2, 0.25) is 0 Å². The number of halogens is 1. The maximum atomic E-state index is 13.9. The second-order valence-corrected chi connectivity index (χ2v) is 12.2. The molecule has 220 valence electrons. The summed E-state index contributed by atoms with van der Waals surface area (Å²) in [5, 5.41) is 15.1. The van der Waals surface area contributed by atoms with Crippen molar-refractivity contribution >= 4 is 23.1 Å². The van der Waals surface area contributed by atoms with E-state index in [9.17, 15) is 19.1 Å². The van der Waals surface area contributed by atoms with Gasteiger partial charge in [-0.1, -0.05) is 13.8 Å². The lowest BCUT2D eigenvalue weighted by atomic mass is 9.96. The molecule has 10 nitrogen and oxygen atoms in total. The van der Waals surface area contributed by atoms with Gasteiger partial charge in [-0.3, -0.25) is 9.59 Å². The van der Waals surface area contributed by atoms with E-state index in [2.05, 4.69) is 4.90 Å². The number of fused-ring (bicyclic) bond motifs is 1. The second kappa shape index (κ2) is 11.0. The van der Waals surface area contributed by atoms with E-state index in [4.69, 9.17) is 14.8 Å². The summed E-state index contributed by atoms with van der Waals surface area (Å²) >= 11 is 0. The molecule has 2 fully saturated rings. The Morgan fingerprint density at radius 3 is 2.37 bits per heavy atom. The number of nitrogens with zero attached hydrogens (tertiary/aromatic N) is 6. The first-order chi connectivity index (χ1) is 19.3. The molecule has 2 aromatic heterocycles. The summed E-state index contributed by atoms with van der Waals surface area (Å²) in [7, 11) is 0. The number of piperazine rings is 1. The number of aromatic nitrogens is 3. The summed E-state index contributed by atoms with van der Waals surface area (Å²) in [5.41, 5.74) is 2.31. The van der Waals surface area contributed by atoms with E-state index in [1.54, 1.807) is 46.5 Å². The van der Waals surface area contributed by atoms with E-state index in [0.29, 0.717) is 44.1 Å². The molecule has 4 heterocycles. The lowest BCUT2D eigenvalue weighted by molar-refractivity contribution is -0.146. The largest absolute Gasteiger partial charge is 0.383 e. The number of aliphatic hydroxyl groups excluding tert-OH is 1. The molecule has 41 heavy (non-hydrogen) atoms. The van der Waals surface area contributed by atoms with Crippen molar-refractivity contribution in [3.63, 3.8) is 0 Å². The Hall–Kier alpha value is -3.57. The zero-order chi connectivity index (χ0) is 29.6. The number of rotatable bonds is 5. The van der Waals surface area contributed by atoms with Crippen molar-refractivity contribution in [3.05, 3.63) is 48.0 Å². The lowest BCUT2D eigenvalue weighted by Crippen LogP contribution is -2.63. The fourth-order valence-corrected chi connectivity index (χ4v) is 5.76. The zero-order valence-corrected chi connectivity index (χ0v) is 24.5. The molecular weight excluding hydrogens is 527 g/mol. The van der Waals surface area contributed by atoms with Gasteiger partial charge in [0.1, 0.15) is 17.6 Å². The van der Waals surface area contributed by atoms with Gasteiger partial charge in [0.05, 0.1) is 35.3 Å². The van der Waals surface area contributed by atoms with Crippen molar-refractivity contribution in [3.8, 4) is 11.3 Å². The number of morpholine rings is 1. The van der Waals surface area contributed by atoms with Crippen LogP contribution in [0.4, 0.5) is 10.1 Å². The molecule has 0 bridgehead atoms. The van der Waals surface area contributed by atoms with E-state index in [1.165, 1.54) is 12.1 Å². The summed E-state index contributed by atoms with van der Waals surface area (Å²) in [5.74, 6) is -1.09. The van der Waals surface area contributed by atoms with E-state index in [-0.39, 0.29) is 41.5 Å². The summed E-state index contributed by atoms with van der Waals surface area (Å²) < 4.78 is 21.2. The summed E-state index contributed by atoms with van der Waals surface area (Å²) in [4.78, 5) is 37.0. The molecule has 3 aromatic rings. The number of imidazole rings is 1. The second-order valence-electron chi connectivity index (χ2n) is 12.2. The lowest BCUT2D eigenvalue weighted by Gasteiger charge is -2.47. The number of ether oxygens (including phenoxy) is 1. The van der Waals surface area contributed by atoms with Gasteiger partial charge in [0.25, 0.3) is 11.8 Å². The average molecular weight is 567 g/mol. The van der Waals surface area contributed by atoms with Crippen molar-refractivity contribution in [2.75, 3.05) is 37.6 Å². The van der Waals surface area contributed by atoms with Crippen LogP contribution in [0.1, 0.15) is 52.0 Å². The van der Waals surface area contributed by atoms with Crippen LogP contribution in [0.3, 0.4) is 0 Å². The van der Waals surface area contributed by atoms with Gasteiger partial charge in [0, 0.05) is 38.3 Å². The number of hydrogen-bond donors (Lipinski definition) is 1. The molecule has 2 amide bonds. The van der Waals surface area contributed by atoms with Gasteiger partial charge in [0.2, 0.25) is 0 Å². The Morgan fingerprint density at radius 2 is 1.76 bits per heavy atom. The molecule has 2 aliphatic heterocycles. The van der Waals surface area contributed by atoms with Crippen LogP contribution < -0.4 is 4.90 Å². The molecule has 0 aliphatic carbocycles. The Labute approximate surface area is 239 Å². The SMILES string of the molecule is CC(C)[C@@H](O)C(=O)N1CCN(C(=O)c2cn3nc(-c4ccc(F)cc4)cc(N4C[C@@H](C)O[C@@H](C)C4)c3n2)C(C)(C)C1. The van der Waals surface area contributed by atoms with Gasteiger partial charge in [-0.05, 0) is 63.9 Å². The van der Waals surface area contributed by atoms with Crippen LogP contribution >= 0.6 is 0 Å². The zero-order valence-electron chi connectivity index (χ0n) is 24.5. The van der Waals surface area contributed by atoms with Crippen molar-refractivity contribution in [2.24, 2.45) is 5.92 Å². The highest BCUT2D eigenvalue weighted by atomic mass is 19.1. The Morgan fingerprint density at radius 1 is 1.10 bits per heavy atom. The Bertz CT molecular complexity index is 1430. The topological polar surface area (TPSA) is 104 Å². The highest BCUT2D eigenvalue weighted by Crippen LogP contribution is 2.31. The molecule has 5 rings (SSSR count). The highest BCUT2D eigenvalue weighted by Gasteiger charge is 2.41. The molecule has 3 atom stereocenters. The normalized spacial score (nSPS) is 21.9. The first kappa shape index (κ1) is 28.9. The van der Waals surface area contributed by atoms with Crippen molar-refractivity contribution < 1.29 is 23.8 Å². The number of amides is 2. The highest BCUT2D eigenvalue weighted by molar-refractivity contribution is 5.94. The van der Waals surface area contributed by atoms with Gasteiger partial charge in [-0.25, -0.2) is 13.9 Å². The molecule has 0 radical (unpaired) electrons. The maximum absolute atomic E-state index is 13.9. The first-order valence-corrected chi connectivity index (χ1v) is 14.2. The van der Waals surface area contributed by atoms with Gasteiger partial charge < -0.3 is 24.5 Å². The molecule has 0 unspecified atom stereocenters. The molecule has 0 saturated carbocycles. The molecular formula is C30H39FN6O4. The average Bonchev–Trinajstić information content (AvgIpc) is 3.35. The fraction of sp³-hybridized carbons (Fsp3) is 0.533. The van der Waals surface area contributed by atoms with Crippen LogP contribution in [-0.2, 0) is 9.53 Å². The smallest absolute Gasteiger partial charge is 0.274 e. The van der Waals surface area contributed by atoms with Crippen LogP contribution in [0.5, 0.6) is 0 Å². The number of aliphatic hydroxyl groups is 1. The quantitative estimate of drug-likeness (QED) is 0.506. The standard InChI is InChI=1S/C30H39FN6O4/c1-18(2)26(38)29(40)34-11-12-36(30(5,6)17-34)28(39)24-16-37-27(32-24)25(35-14-19(3)41-20(4)15-35)13-23(33-37)21-7-9-22(31)10-8-21/h7-10,13,16,18-20,26,38H,11-12,14-15,17H2,1-6H3/t19-,20+,26-/m1/s1. The van der Waals surface area contributed by atoms with E-state index in [0.717, 1.165) is 11.3 Å². The third-order valence-electron chi connectivity index (χ3n) is 7.87. The predicted octanol–water partition coefficient (Wildman–Crippen LogP) is 3.23. The Kier molecular flexibility index (Phi) is 7.78. The van der Waals surface area contributed by atoms with E-state index in [1.807, 2.05) is 33.8 Å². The van der Waals surface area contributed by atoms with Crippen molar-refractivity contribution in [1.29, 1.82) is 0 Å². The van der Waals surface area contributed by atoms with Gasteiger partial charge in [0.15, 0.2) is 5.65 Å². The van der Waals surface area contributed by atoms with E-state index >= 15 is 0 Å². The number of hydrogen-bond acceptors (Lipinski definition) is 7. The molecule has 0 spiro atoms. The third kappa shape index (κ3) is 5.78. The predicted molar refractivity (Wildman–Crippen MR) is 153 cm³/mol. The van der Waals surface area contributed by atoms with Crippen LogP contribution in [-0.4, -0.2) is 97.9 Å². The van der Waals surface area contributed by atoms with Crippen molar-refractivity contribution in [2.45, 2.75) is 65.4 Å². The minimum Gasteiger partial charge on any atom is -0.383 e. The third-order valence-corrected chi connectivity index (χ3v) is 7.87. The minimum absolute atomic E-state index is 0.00585. The number of carbonyl (C=O) groups is 2. The van der Waals surface area contributed by atoms with Crippen molar-refractivity contribution in [1.82, 2.24) is 24.4 Å². The number of carbonyl (C=O) groups excluding carboxylic acids is 2. The summed E-state index contributed by atoms with van der Waals surface area (Å²) in [6.45, 7) is 13.7. The minimum atomic E-state index is -1.07. The van der Waals surface area contributed by atoms with Gasteiger partial charge in [-0.2, -0.15) is 5.10 Å². The number of anilines is 1. The van der Waals surface area contributed by atoms with Gasteiger partial charge in [-0.15, -0.1) is 0 Å². The molecule has 1 aromatic carbocycles.